The SMILES string of the molecule is COCC(C)OCc1ccccc1CNC(C)C. The van der Waals surface area contributed by atoms with Crippen LogP contribution in [0, 0.1) is 0 Å². The van der Waals surface area contributed by atoms with Crippen LogP contribution < -0.4 is 5.32 Å². The molecule has 0 saturated carbocycles. The fourth-order valence-corrected chi connectivity index (χ4v) is 1.70. The Labute approximate surface area is 110 Å². The molecule has 0 aliphatic rings. The third-order valence-corrected chi connectivity index (χ3v) is 2.74. The quantitative estimate of drug-likeness (QED) is 0.770. The van der Waals surface area contributed by atoms with Crippen molar-refractivity contribution in [2.75, 3.05) is 13.7 Å². The molecular weight excluding hydrogens is 226 g/mol. The van der Waals surface area contributed by atoms with Crippen LogP contribution in [0.2, 0.25) is 0 Å². The predicted octanol–water partition coefficient (Wildman–Crippen LogP) is 2.74. The summed E-state index contributed by atoms with van der Waals surface area (Å²) in [5.41, 5.74) is 2.55. The number of methoxy groups -OCH3 is 1. The molecule has 1 aromatic carbocycles. The summed E-state index contributed by atoms with van der Waals surface area (Å²) in [5, 5.41) is 3.43. The molecule has 0 heterocycles. The van der Waals surface area contributed by atoms with Gasteiger partial charge in [0.1, 0.15) is 0 Å². The Balaban J connectivity index is 2.53. The van der Waals surface area contributed by atoms with E-state index in [0.29, 0.717) is 19.3 Å². The Morgan fingerprint density at radius 1 is 1.11 bits per heavy atom. The Kier molecular flexibility index (Phi) is 6.94. The van der Waals surface area contributed by atoms with E-state index in [1.807, 2.05) is 6.92 Å². The van der Waals surface area contributed by atoms with Gasteiger partial charge < -0.3 is 14.8 Å². The summed E-state index contributed by atoms with van der Waals surface area (Å²) in [6.45, 7) is 8.49. The van der Waals surface area contributed by atoms with Crippen molar-refractivity contribution in [1.29, 1.82) is 0 Å². The minimum absolute atomic E-state index is 0.126. The maximum Gasteiger partial charge on any atom is 0.0784 e. The van der Waals surface area contributed by atoms with Crippen LogP contribution in [-0.4, -0.2) is 25.9 Å². The number of hydrogen-bond acceptors (Lipinski definition) is 3. The van der Waals surface area contributed by atoms with Crippen molar-refractivity contribution in [3.63, 3.8) is 0 Å². The lowest BCUT2D eigenvalue weighted by Gasteiger charge is -2.15. The number of hydrogen-bond donors (Lipinski definition) is 1. The molecule has 1 rings (SSSR count). The highest BCUT2D eigenvalue weighted by Gasteiger charge is 2.06. The molecule has 0 amide bonds. The fraction of sp³-hybridized carbons (Fsp3) is 0.600. The van der Waals surface area contributed by atoms with Gasteiger partial charge in [0, 0.05) is 19.7 Å². The maximum atomic E-state index is 5.76. The summed E-state index contributed by atoms with van der Waals surface area (Å²) < 4.78 is 10.8. The first kappa shape index (κ1) is 15.2. The van der Waals surface area contributed by atoms with Crippen molar-refractivity contribution in [3.05, 3.63) is 35.4 Å². The molecule has 0 saturated heterocycles. The first-order chi connectivity index (χ1) is 8.63. The lowest BCUT2D eigenvalue weighted by Crippen LogP contribution is -2.23. The third-order valence-electron chi connectivity index (χ3n) is 2.74. The molecular formula is C15H25NO2. The van der Waals surface area contributed by atoms with E-state index in [1.165, 1.54) is 11.1 Å². The largest absolute Gasteiger partial charge is 0.382 e. The van der Waals surface area contributed by atoms with Crippen LogP contribution in [0.3, 0.4) is 0 Å². The fourth-order valence-electron chi connectivity index (χ4n) is 1.70. The summed E-state index contributed by atoms with van der Waals surface area (Å²) in [6.07, 6.45) is 0.126. The molecule has 0 radical (unpaired) electrons. The molecule has 1 aromatic rings. The zero-order valence-electron chi connectivity index (χ0n) is 11.9. The Morgan fingerprint density at radius 2 is 1.78 bits per heavy atom. The standard InChI is InChI=1S/C15H25NO2/c1-12(2)16-9-14-7-5-6-8-15(14)11-18-13(3)10-17-4/h5-8,12-13,16H,9-11H2,1-4H3. The van der Waals surface area contributed by atoms with E-state index in [9.17, 15) is 0 Å². The lowest BCUT2D eigenvalue weighted by atomic mass is 10.1. The number of ether oxygens (including phenoxy) is 2. The molecule has 1 atom stereocenters. The topological polar surface area (TPSA) is 30.5 Å². The smallest absolute Gasteiger partial charge is 0.0784 e. The van der Waals surface area contributed by atoms with Crippen LogP contribution in [0.4, 0.5) is 0 Å². The number of rotatable bonds is 8. The van der Waals surface area contributed by atoms with Crippen molar-refractivity contribution >= 4 is 0 Å². The van der Waals surface area contributed by atoms with Gasteiger partial charge >= 0.3 is 0 Å². The molecule has 3 nitrogen and oxygen atoms in total. The lowest BCUT2D eigenvalue weighted by molar-refractivity contribution is -0.000399. The summed E-state index contributed by atoms with van der Waals surface area (Å²) in [5.74, 6) is 0. The van der Waals surface area contributed by atoms with Gasteiger partial charge in [-0.2, -0.15) is 0 Å². The monoisotopic (exact) mass is 251 g/mol. The molecule has 0 aliphatic heterocycles. The average Bonchev–Trinajstić information content (AvgIpc) is 2.35. The molecule has 0 aromatic heterocycles. The zero-order valence-corrected chi connectivity index (χ0v) is 11.9. The molecule has 3 heteroatoms. The van der Waals surface area contributed by atoms with Gasteiger partial charge in [0.2, 0.25) is 0 Å². The normalized spacial score (nSPS) is 12.9. The number of nitrogens with one attached hydrogen (secondary N) is 1. The highest BCUT2D eigenvalue weighted by atomic mass is 16.5. The summed E-state index contributed by atoms with van der Waals surface area (Å²) in [6, 6.07) is 8.88. The van der Waals surface area contributed by atoms with Crippen molar-refractivity contribution in [1.82, 2.24) is 5.32 Å². The van der Waals surface area contributed by atoms with Crippen molar-refractivity contribution < 1.29 is 9.47 Å². The maximum absolute atomic E-state index is 5.76. The van der Waals surface area contributed by atoms with Crippen LogP contribution in [-0.2, 0) is 22.6 Å². The van der Waals surface area contributed by atoms with Gasteiger partial charge in [0.15, 0.2) is 0 Å². The highest BCUT2D eigenvalue weighted by molar-refractivity contribution is 5.26. The minimum atomic E-state index is 0.126. The van der Waals surface area contributed by atoms with Crippen LogP contribution >= 0.6 is 0 Å². The molecule has 1 N–H and O–H groups in total. The first-order valence-corrected chi connectivity index (χ1v) is 6.54. The van der Waals surface area contributed by atoms with Gasteiger partial charge in [-0.25, -0.2) is 0 Å². The van der Waals surface area contributed by atoms with Gasteiger partial charge in [-0.3, -0.25) is 0 Å². The Bertz CT molecular complexity index is 339. The molecule has 1 unspecified atom stereocenters. The van der Waals surface area contributed by atoms with E-state index >= 15 is 0 Å². The van der Waals surface area contributed by atoms with E-state index in [0.717, 1.165) is 6.54 Å². The summed E-state index contributed by atoms with van der Waals surface area (Å²) in [7, 11) is 1.69. The predicted molar refractivity (Wildman–Crippen MR) is 74.5 cm³/mol. The van der Waals surface area contributed by atoms with Crippen LogP contribution in [0.5, 0.6) is 0 Å². The number of benzene rings is 1. The van der Waals surface area contributed by atoms with E-state index in [1.54, 1.807) is 7.11 Å². The van der Waals surface area contributed by atoms with Gasteiger partial charge in [0.05, 0.1) is 19.3 Å². The Hall–Kier alpha value is -0.900. The second-order valence-corrected chi connectivity index (χ2v) is 4.88. The van der Waals surface area contributed by atoms with E-state index < -0.39 is 0 Å². The van der Waals surface area contributed by atoms with Crippen molar-refractivity contribution in [2.45, 2.75) is 46.1 Å². The summed E-state index contributed by atoms with van der Waals surface area (Å²) in [4.78, 5) is 0. The van der Waals surface area contributed by atoms with Gasteiger partial charge in [-0.15, -0.1) is 0 Å². The average molecular weight is 251 g/mol. The highest BCUT2D eigenvalue weighted by Crippen LogP contribution is 2.11. The van der Waals surface area contributed by atoms with Crippen LogP contribution in [0.25, 0.3) is 0 Å². The molecule has 0 spiro atoms. The molecule has 18 heavy (non-hydrogen) atoms. The second kappa shape index (κ2) is 8.25. The van der Waals surface area contributed by atoms with E-state index in [2.05, 4.69) is 43.4 Å². The second-order valence-electron chi connectivity index (χ2n) is 4.88. The van der Waals surface area contributed by atoms with Gasteiger partial charge in [0.25, 0.3) is 0 Å². The first-order valence-electron chi connectivity index (χ1n) is 6.54. The Morgan fingerprint density at radius 3 is 2.39 bits per heavy atom. The molecule has 102 valence electrons. The molecule has 0 bridgehead atoms. The van der Waals surface area contributed by atoms with Gasteiger partial charge in [-0.1, -0.05) is 38.1 Å². The van der Waals surface area contributed by atoms with E-state index in [4.69, 9.17) is 9.47 Å². The molecule has 0 fully saturated rings. The summed E-state index contributed by atoms with van der Waals surface area (Å²) >= 11 is 0. The van der Waals surface area contributed by atoms with Crippen LogP contribution in [0.15, 0.2) is 24.3 Å². The van der Waals surface area contributed by atoms with Crippen molar-refractivity contribution in [3.8, 4) is 0 Å². The molecule has 0 aliphatic carbocycles. The zero-order chi connectivity index (χ0) is 13.4. The van der Waals surface area contributed by atoms with Crippen LogP contribution in [0.1, 0.15) is 31.9 Å². The van der Waals surface area contributed by atoms with Gasteiger partial charge in [-0.05, 0) is 18.1 Å². The minimum Gasteiger partial charge on any atom is -0.382 e. The third kappa shape index (κ3) is 5.63. The van der Waals surface area contributed by atoms with Crippen molar-refractivity contribution in [2.24, 2.45) is 0 Å². The van der Waals surface area contributed by atoms with E-state index in [-0.39, 0.29) is 6.10 Å².